The molecule has 0 saturated carbocycles. The number of hydrogen-bond donors (Lipinski definition) is 2. The number of carbonyl (C=O) groups excluding carboxylic acids is 2. The zero-order chi connectivity index (χ0) is 19.6. The maximum atomic E-state index is 12.2. The van der Waals surface area contributed by atoms with E-state index in [0.29, 0.717) is 10.6 Å². The Morgan fingerprint density at radius 3 is 2.56 bits per heavy atom. The van der Waals surface area contributed by atoms with Gasteiger partial charge in [0.15, 0.2) is 12.4 Å². The van der Waals surface area contributed by atoms with Gasteiger partial charge in [-0.3, -0.25) is 4.79 Å². The number of nitrogens with zero attached hydrogens (tertiary/aromatic N) is 1. The van der Waals surface area contributed by atoms with Crippen LogP contribution in [0.25, 0.3) is 10.8 Å². The highest BCUT2D eigenvalue weighted by Crippen LogP contribution is 2.28. The molecular formula is C19H14Cl2N2O4. The molecule has 0 aliphatic carbocycles. The van der Waals surface area contributed by atoms with Crippen LogP contribution in [0.5, 0.6) is 5.75 Å². The highest BCUT2D eigenvalue weighted by molar-refractivity contribution is 6.37. The van der Waals surface area contributed by atoms with E-state index >= 15 is 0 Å². The number of phenolic OH excluding ortho intramolecular Hbond substituents is 1. The number of esters is 1. The number of phenols is 1. The van der Waals surface area contributed by atoms with Gasteiger partial charge >= 0.3 is 5.97 Å². The molecule has 0 radical (unpaired) electrons. The van der Waals surface area contributed by atoms with E-state index in [1.165, 1.54) is 18.3 Å². The summed E-state index contributed by atoms with van der Waals surface area (Å²) in [4.78, 5) is 28.2. The SMILES string of the molecule is Cc1c(Cl)cnc(NC(=O)COC(=O)c2cc3ccccc3cc2O)c1Cl. The van der Waals surface area contributed by atoms with Crippen molar-refractivity contribution < 1.29 is 19.4 Å². The largest absolute Gasteiger partial charge is 0.507 e. The van der Waals surface area contributed by atoms with E-state index in [9.17, 15) is 14.7 Å². The minimum absolute atomic E-state index is 0.0278. The number of hydrogen-bond acceptors (Lipinski definition) is 5. The van der Waals surface area contributed by atoms with E-state index in [1.807, 2.05) is 18.2 Å². The number of aromatic hydroxyl groups is 1. The fourth-order valence-electron chi connectivity index (χ4n) is 2.41. The lowest BCUT2D eigenvalue weighted by atomic mass is 10.1. The summed E-state index contributed by atoms with van der Waals surface area (Å²) >= 11 is 12.0. The molecule has 1 amide bonds. The number of anilines is 1. The molecule has 0 spiro atoms. The van der Waals surface area contributed by atoms with Gasteiger partial charge in [0.25, 0.3) is 5.91 Å². The average molecular weight is 405 g/mol. The number of ether oxygens (including phenoxy) is 1. The van der Waals surface area contributed by atoms with Crippen molar-refractivity contribution in [1.29, 1.82) is 0 Å². The van der Waals surface area contributed by atoms with Crippen LogP contribution in [0.4, 0.5) is 5.82 Å². The van der Waals surface area contributed by atoms with Crippen molar-refractivity contribution in [1.82, 2.24) is 4.98 Å². The smallest absolute Gasteiger partial charge is 0.342 e. The maximum absolute atomic E-state index is 12.2. The summed E-state index contributed by atoms with van der Waals surface area (Å²) in [6, 6.07) is 10.2. The first kappa shape index (κ1) is 18.9. The minimum atomic E-state index is -0.820. The lowest BCUT2D eigenvalue weighted by Crippen LogP contribution is -2.21. The van der Waals surface area contributed by atoms with Crippen LogP contribution in [0.3, 0.4) is 0 Å². The van der Waals surface area contributed by atoms with E-state index in [-0.39, 0.29) is 22.2 Å². The second kappa shape index (κ2) is 7.82. The van der Waals surface area contributed by atoms with E-state index in [0.717, 1.165) is 10.8 Å². The summed E-state index contributed by atoms with van der Waals surface area (Å²) in [7, 11) is 0. The first-order chi connectivity index (χ1) is 12.9. The fourth-order valence-corrected chi connectivity index (χ4v) is 2.80. The molecule has 1 heterocycles. The monoisotopic (exact) mass is 404 g/mol. The molecule has 0 fully saturated rings. The van der Waals surface area contributed by atoms with Gasteiger partial charge < -0.3 is 15.2 Å². The number of pyridine rings is 1. The molecule has 8 heteroatoms. The zero-order valence-corrected chi connectivity index (χ0v) is 15.6. The van der Waals surface area contributed by atoms with Gasteiger partial charge in [0.1, 0.15) is 11.3 Å². The Bertz CT molecular complexity index is 1050. The van der Waals surface area contributed by atoms with Gasteiger partial charge in [-0.2, -0.15) is 0 Å². The van der Waals surface area contributed by atoms with Crippen LogP contribution in [0.2, 0.25) is 10.0 Å². The van der Waals surface area contributed by atoms with Crippen molar-refractivity contribution in [3.8, 4) is 5.75 Å². The Balaban J connectivity index is 1.68. The highest BCUT2D eigenvalue weighted by atomic mass is 35.5. The first-order valence-corrected chi connectivity index (χ1v) is 8.61. The summed E-state index contributed by atoms with van der Waals surface area (Å²) in [5.41, 5.74) is 0.543. The number of fused-ring (bicyclic) bond motifs is 1. The average Bonchev–Trinajstić information content (AvgIpc) is 2.66. The minimum Gasteiger partial charge on any atom is -0.507 e. The van der Waals surface area contributed by atoms with Gasteiger partial charge in [0.2, 0.25) is 0 Å². The molecule has 2 N–H and O–H groups in total. The second-order valence-corrected chi connectivity index (χ2v) is 6.52. The second-order valence-electron chi connectivity index (χ2n) is 5.73. The number of benzene rings is 2. The molecule has 138 valence electrons. The van der Waals surface area contributed by atoms with Crippen molar-refractivity contribution in [2.24, 2.45) is 0 Å². The Hall–Kier alpha value is -2.83. The molecule has 1 aromatic heterocycles. The Kier molecular flexibility index (Phi) is 5.48. The van der Waals surface area contributed by atoms with E-state index in [2.05, 4.69) is 10.3 Å². The third-order valence-electron chi connectivity index (χ3n) is 3.88. The van der Waals surface area contributed by atoms with Crippen LogP contribution < -0.4 is 5.32 Å². The van der Waals surface area contributed by atoms with Crippen molar-refractivity contribution in [3.05, 3.63) is 63.8 Å². The molecular weight excluding hydrogens is 391 g/mol. The topological polar surface area (TPSA) is 88.5 Å². The van der Waals surface area contributed by atoms with Crippen LogP contribution in [0.15, 0.2) is 42.6 Å². The predicted molar refractivity (Wildman–Crippen MR) is 104 cm³/mol. The Morgan fingerprint density at radius 2 is 1.85 bits per heavy atom. The summed E-state index contributed by atoms with van der Waals surface area (Å²) in [5.74, 6) is -1.55. The Labute approximate surface area is 164 Å². The van der Waals surface area contributed by atoms with Crippen LogP contribution in [0.1, 0.15) is 15.9 Å². The molecule has 6 nitrogen and oxygen atoms in total. The maximum Gasteiger partial charge on any atom is 0.342 e. The number of aromatic nitrogens is 1. The summed E-state index contributed by atoms with van der Waals surface area (Å²) in [6.45, 7) is 1.12. The van der Waals surface area contributed by atoms with Crippen LogP contribution in [-0.4, -0.2) is 28.6 Å². The molecule has 0 bridgehead atoms. The highest BCUT2D eigenvalue weighted by Gasteiger charge is 2.17. The van der Waals surface area contributed by atoms with Crippen molar-refractivity contribution in [3.63, 3.8) is 0 Å². The van der Waals surface area contributed by atoms with Gasteiger partial charge in [-0.05, 0) is 35.4 Å². The molecule has 0 aliphatic rings. The third-order valence-corrected chi connectivity index (χ3v) is 4.72. The van der Waals surface area contributed by atoms with E-state index in [4.69, 9.17) is 27.9 Å². The first-order valence-electron chi connectivity index (χ1n) is 7.86. The summed E-state index contributed by atoms with van der Waals surface area (Å²) in [5, 5.41) is 14.6. The predicted octanol–water partition coefficient (Wildman–Crippen LogP) is 4.35. The van der Waals surface area contributed by atoms with Gasteiger partial charge in [-0.15, -0.1) is 0 Å². The molecule has 27 heavy (non-hydrogen) atoms. The third kappa shape index (κ3) is 4.13. The lowest BCUT2D eigenvalue weighted by molar-refractivity contribution is -0.119. The standard InChI is InChI=1S/C19H14Cl2N2O4/c1-10-14(20)8-22-18(17(10)21)23-16(25)9-27-19(26)13-6-11-4-2-3-5-12(11)7-15(13)24/h2-8,24H,9H2,1H3,(H,22,23,25). The zero-order valence-electron chi connectivity index (χ0n) is 14.1. The molecule has 0 atom stereocenters. The number of rotatable bonds is 4. The van der Waals surface area contributed by atoms with Crippen LogP contribution in [-0.2, 0) is 9.53 Å². The van der Waals surface area contributed by atoms with Crippen molar-refractivity contribution in [2.75, 3.05) is 11.9 Å². The molecule has 2 aromatic carbocycles. The van der Waals surface area contributed by atoms with Gasteiger partial charge in [-0.25, -0.2) is 9.78 Å². The van der Waals surface area contributed by atoms with Gasteiger partial charge in [-0.1, -0.05) is 47.5 Å². The number of nitrogens with one attached hydrogen (secondary N) is 1. The number of amides is 1. The fraction of sp³-hybridized carbons (Fsp3) is 0.105. The number of halogens is 2. The van der Waals surface area contributed by atoms with E-state index in [1.54, 1.807) is 13.0 Å². The quantitative estimate of drug-likeness (QED) is 0.630. The van der Waals surface area contributed by atoms with E-state index < -0.39 is 18.5 Å². The summed E-state index contributed by atoms with van der Waals surface area (Å²) in [6.07, 6.45) is 1.36. The van der Waals surface area contributed by atoms with Crippen LogP contribution in [0, 0.1) is 6.92 Å². The Morgan fingerprint density at radius 1 is 1.19 bits per heavy atom. The van der Waals surface area contributed by atoms with Crippen molar-refractivity contribution >= 4 is 51.7 Å². The molecule has 0 saturated heterocycles. The molecule has 0 unspecified atom stereocenters. The van der Waals surface area contributed by atoms with Crippen molar-refractivity contribution in [2.45, 2.75) is 6.92 Å². The number of carbonyl (C=O) groups is 2. The summed E-state index contributed by atoms with van der Waals surface area (Å²) < 4.78 is 4.98. The van der Waals surface area contributed by atoms with Crippen LogP contribution >= 0.6 is 23.2 Å². The van der Waals surface area contributed by atoms with Gasteiger partial charge in [0, 0.05) is 6.20 Å². The lowest BCUT2D eigenvalue weighted by Gasteiger charge is -2.10. The normalized spacial score (nSPS) is 10.6. The molecule has 0 aliphatic heterocycles. The molecule has 3 aromatic rings. The van der Waals surface area contributed by atoms with Gasteiger partial charge in [0.05, 0.1) is 10.0 Å². The molecule has 3 rings (SSSR count).